The number of unbranched alkanes of at least 4 members (excludes halogenated alkanes) is 1. The molecule has 2 nitrogen and oxygen atoms in total. The number of hydrogen-bond donors (Lipinski definition) is 0. The molecule has 164 valence electrons. The van der Waals surface area contributed by atoms with E-state index in [4.69, 9.17) is 9.47 Å². The zero-order valence-corrected chi connectivity index (χ0v) is 17.4. The van der Waals surface area contributed by atoms with Crippen molar-refractivity contribution in [2.45, 2.75) is 77.2 Å². The molecule has 0 radical (unpaired) electrons. The highest BCUT2D eigenvalue weighted by atomic mass is 19.3. The first-order chi connectivity index (χ1) is 13.9. The Morgan fingerprint density at radius 2 is 1.86 bits per heavy atom. The number of benzene rings is 1. The highest BCUT2D eigenvalue weighted by Crippen LogP contribution is 2.49. The molecule has 1 aromatic carbocycles. The maximum atomic E-state index is 14.8. The number of halogens is 4. The molecular formula is C23H32F4O2. The zero-order valence-electron chi connectivity index (χ0n) is 17.4. The molecule has 4 atom stereocenters. The van der Waals surface area contributed by atoms with Gasteiger partial charge in [0.15, 0.2) is 11.6 Å². The first-order valence-electron chi connectivity index (χ1n) is 11.0. The quantitative estimate of drug-likeness (QED) is 0.443. The van der Waals surface area contributed by atoms with Crippen LogP contribution in [0.25, 0.3) is 0 Å². The van der Waals surface area contributed by atoms with E-state index in [-0.39, 0.29) is 42.8 Å². The van der Waals surface area contributed by atoms with Crippen LogP contribution in [0, 0.1) is 29.4 Å². The molecule has 1 saturated carbocycles. The molecule has 1 aliphatic heterocycles. The molecule has 1 aromatic rings. The van der Waals surface area contributed by atoms with Gasteiger partial charge in [0, 0.05) is 17.9 Å². The van der Waals surface area contributed by atoms with Crippen LogP contribution in [0.5, 0.6) is 5.75 Å². The van der Waals surface area contributed by atoms with Crippen LogP contribution >= 0.6 is 0 Å². The van der Waals surface area contributed by atoms with Gasteiger partial charge in [-0.05, 0) is 56.6 Å². The second-order valence-corrected chi connectivity index (χ2v) is 8.53. The Balaban J connectivity index is 1.60. The smallest absolute Gasteiger partial charge is 0.251 e. The molecule has 0 N–H and O–H groups in total. The van der Waals surface area contributed by atoms with Crippen molar-refractivity contribution in [3.05, 3.63) is 29.3 Å². The predicted octanol–water partition coefficient (Wildman–Crippen LogP) is 7.07. The second-order valence-electron chi connectivity index (χ2n) is 8.53. The summed E-state index contributed by atoms with van der Waals surface area (Å²) in [7, 11) is 0. The second kappa shape index (κ2) is 9.67. The van der Waals surface area contributed by atoms with E-state index in [9.17, 15) is 17.6 Å². The van der Waals surface area contributed by atoms with Gasteiger partial charge in [0.05, 0.1) is 19.3 Å². The van der Waals surface area contributed by atoms with Gasteiger partial charge in [-0.15, -0.1) is 0 Å². The Bertz CT molecular complexity index is 671. The third kappa shape index (κ3) is 5.07. The third-order valence-electron chi connectivity index (χ3n) is 6.56. The van der Waals surface area contributed by atoms with E-state index in [0.29, 0.717) is 19.3 Å². The van der Waals surface area contributed by atoms with Crippen molar-refractivity contribution in [1.82, 2.24) is 0 Å². The number of alkyl halides is 2. The minimum absolute atomic E-state index is 0.0314. The first-order valence-corrected chi connectivity index (χ1v) is 11.0. The molecule has 2 aliphatic rings. The van der Waals surface area contributed by atoms with Crippen LogP contribution in [-0.2, 0) is 4.74 Å². The van der Waals surface area contributed by atoms with E-state index in [1.807, 2.05) is 0 Å². The van der Waals surface area contributed by atoms with Crippen LogP contribution in [0.15, 0.2) is 12.1 Å². The maximum Gasteiger partial charge on any atom is 0.251 e. The summed E-state index contributed by atoms with van der Waals surface area (Å²) in [5.74, 6) is -5.59. The lowest BCUT2D eigenvalue weighted by Gasteiger charge is -2.42. The molecule has 6 heteroatoms. The topological polar surface area (TPSA) is 18.5 Å². The number of rotatable bonds is 7. The summed E-state index contributed by atoms with van der Waals surface area (Å²) in [6.45, 7) is 4.19. The van der Waals surface area contributed by atoms with Gasteiger partial charge in [-0.25, -0.2) is 13.2 Å². The monoisotopic (exact) mass is 416 g/mol. The van der Waals surface area contributed by atoms with Gasteiger partial charge >= 0.3 is 0 Å². The molecule has 1 aliphatic carbocycles. The van der Waals surface area contributed by atoms with Crippen molar-refractivity contribution in [2.24, 2.45) is 17.8 Å². The minimum atomic E-state index is -2.67. The normalized spacial score (nSPS) is 29.6. The molecule has 3 rings (SSSR count). The summed E-state index contributed by atoms with van der Waals surface area (Å²) < 4.78 is 69.0. The van der Waals surface area contributed by atoms with E-state index in [2.05, 4.69) is 6.92 Å². The van der Waals surface area contributed by atoms with Crippen LogP contribution in [0.3, 0.4) is 0 Å². The molecule has 0 aromatic heterocycles. The molecule has 29 heavy (non-hydrogen) atoms. The Kier molecular flexibility index (Phi) is 7.47. The van der Waals surface area contributed by atoms with E-state index >= 15 is 0 Å². The van der Waals surface area contributed by atoms with E-state index in [1.54, 1.807) is 6.92 Å². The average molecular weight is 416 g/mol. The van der Waals surface area contributed by atoms with Gasteiger partial charge in [0.2, 0.25) is 5.82 Å². The van der Waals surface area contributed by atoms with Crippen molar-refractivity contribution in [3.8, 4) is 5.75 Å². The molecule has 1 heterocycles. The minimum Gasteiger partial charge on any atom is -0.491 e. The van der Waals surface area contributed by atoms with Gasteiger partial charge in [-0.2, -0.15) is 4.39 Å². The summed E-state index contributed by atoms with van der Waals surface area (Å²) in [4.78, 5) is 0. The van der Waals surface area contributed by atoms with Gasteiger partial charge in [-0.1, -0.05) is 26.2 Å². The summed E-state index contributed by atoms with van der Waals surface area (Å²) >= 11 is 0. The van der Waals surface area contributed by atoms with Gasteiger partial charge in [0.25, 0.3) is 5.92 Å². The summed E-state index contributed by atoms with van der Waals surface area (Å²) in [5.41, 5.74) is 0.138. The van der Waals surface area contributed by atoms with Crippen molar-refractivity contribution in [1.29, 1.82) is 0 Å². The molecule has 4 unspecified atom stereocenters. The molecule has 0 amide bonds. The molecule has 2 fully saturated rings. The van der Waals surface area contributed by atoms with Crippen molar-refractivity contribution in [2.75, 3.05) is 13.2 Å². The van der Waals surface area contributed by atoms with Crippen molar-refractivity contribution in [3.63, 3.8) is 0 Å². The molecule has 1 saturated heterocycles. The maximum absolute atomic E-state index is 14.8. The van der Waals surface area contributed by atoms with Crippen molar-refractivity contribution < 1.29 is 27.0 Å². The first kappa shape index (κ1) is 22.4. The van der Waals surface area contributed by atoms with Crippen LogP contribution in [-0.4, -0.2) is 19.1 Å². The fourth-order valence-electron chi connectivity index (χ4n) is 4.98. The molecule has 0 spiro atoms. The lowest BCUT2D eigenvalue weighted by Crippen LogP contribution is -2.43. The predicted molar refractivity (Wildman–Crippen MR) is 104 cm³/mol. The zero-order chi connectivity index (χ0) is 21.0. The Labute approximate surface area is 171 Å². The number of hydrogen-bond acceptors (Lipinski definition) is 2. The standard InChI is InChI=1S/C23H32F4O2/c1-3-5-6-15-7-10-18(23(26,27)13-15)16-8-11-19(29-14-16)17-9-12-20(28-4-2)22(25)21(17)24/h9,12,15-16,18-19H,3-8,10-11,13-14H2,1-2H3. The Morgan fingerprint density at radius 1 is 1.07 bits per heavy atom. The molecule has 0 bridgehead atoms. The average Bonchev–Trinajstić information content (AvgIpc) is 2.70. The fourth-order valence-corrected chi connectivity index (χ4v) is 4.98. The Morgan fingerprint density at radius 3 is 2.48 bits per heavy atom. The summed E-state index contributed by atoms with van der Waals surface area (Å²) in [5, 5.41) is 0. The van der Waals surface area contributed by atoms with Crippen LogP contribution in [0.2, 0.25) is 0 Å². The van der Waals surface area contributed by atoms with E-state index in [1.165, 1.54) is 12.1 Å². The lowest BCUT2D eigenvalue weighted by molar-refractivity contribution is -0.149. The van der Waals surface area contributed by atoms with Crippen LogP contribution < -0.4 is 4.74 Å². The highest BCUT2D eigenvalue weighted by molar-refractivity contribution is 5.32. The molecular weight excluding hydrogens is 384 g/mol. The number of ether oxygens (including phenoxy) is 2. The largest absolute Gasteiger partial charge is 0.491 e. The fraction of sp³-hybridized carbons (Fsp3) is 0.739. The van der Waals surface area contributed by atoms with Gasteiger partial charge in [0.1, 0.15) is 0 Å². The third-order valence-corrected chi connectivity index (χ3v) is 6.56. The summed E-state index contributed by atoms with van der Waals surface area (Å²) in [6.07, 6.45) is 4.60. The van der Waals surface area contributed by atoms with Gasteiger partial charge < -0.3 is 9.47 Å². The van der Waals surface area contributed by atoms with E-state index < -0.39 is 29.6 Å². The Hall–Kier alpha value is -1.30. The summed E-state index contributed by atoms with van der Waals surface area (Å²) in [6, 6.07) is 2.88. The highest BCUT2D eigenvalue weighted by Gasteiger charge is 2.49. The van der Waals surface area contributed by atoms with Gasteiger partial charge in [-0.3, -0.25) is 0 Å². The van der Waals surface area contributed by atoms with Crippen molar-refractivity contribution >= 4 is 0 Å². The lowest BCUT2D eigenvalue weighted by atomic mass is 9.70. The van der Waals surface area contributed by atoms with Crippen LogP contribution in [0.4, 0.5) is 17.6 Å². The van der Waals surface area contributed by atoms with Crippen LogP contribution in [0.1, 0.15) is 76.9 Å². The SMILES string of the molecule is CCCCC1CCC(C2CCC(c3ccc(OCC)c(F)c3F)OC2)C(F)(F)C1. The van der Waals surface area contributed by atoms with E-state index in [0.717, 1.165) is 25.7 Å².